The van der Waals surface area contributed by atoms with Crippen molar-refractivity contribution in [3.63, 3.8) is 0 Å². The minimum atomic E-state index is -0.342. The van der Waals surface area contributed by atoms with E-state index in [9.17, 15) is 14.0 Å². The van der Waals surface area contributed by atoms with E-state index in [4.69, 9.17) is 0 Å². The number of halogens is 1. The van der Waals surface area contributed by atoms with Crippen LogP contribution in [0, 0.1) is 12.7 Å². The van der Waals surface area contributed by atoms with E-state index in [1.54, 1.807) is 37.5 Å². The fourth-order valence-corrected chi connectivity index (χ4v) is 3.11. The van der Waals surface area contributed by atoms with Crippen LogP contribution in [0.15, 0.2) is 59.8 Å². The molecule has 7 nitrogen and oxygen atoms in total. The number of carbonyl (C=O) groups is 1. The van der Waals surface area contributed by atoms with Crippen molar-refractivity contribution in [3.8, 4) is 0 Å². The van der Waals surface area contributed by atoms with E-state index in [2.05, 4.69) is 20.4 Å². The Kier molecular flexibility index (Phi) is 4.90. The molecule has 3 heterocycles. The maximum absolute atomic E-state index is 13.1. The first-order valence-electron chi connectivity index (χ1n) is 9.04. The Labute approximate surface area is 165 Å². The standard InChI is InChI=1S/C21H18FN5O2/c1-13-17(9-14-4-6-16(22)7-5-14)21(29)27-19(26-13)18(12-25-27)20(28)24-11-15-3-2-8-23-10-15/h2-8,10,12,25H,9,11H2,1H3,(H,24,28). The summed E-state index contributed by atoms with van der Waals surface area (Å²) in [7, 11) is 0. The molecule has 0 radical (unpaired) electrons. The summed E-state index contributed by atoms with van der Waals surface area (Å²) in [5.41, 5.74) is 2.93. The summed E-state index contributed by atoms with van der Waals surface area (Å²) in [4.78, 5) is 34.0. The van der Waals surface area contributed by atoms with Gasteiger partial charge in [-0.2, -0.15) is 0 Å². The van der Waals surface area contributed by atoms with Gasteiger partial charge in [-0.3, -0.25) is 19.7 Å². The summed E-state index contributed by atoms with van der Waals surface area (Å²) in [6, 6.07) is 9.63. The molecule has 0 spiro atoms. The van der Waals surface area contributed by atoms with Crippen LogP contribution < -0.4 is 10.9 Å². The first kappa shape index (κ1) is 18.5. The quantitative estimate of drug-likeness (QED) is 0.546. The molecule has 4 rings (SSSR count). The van der Waals surface area contributed by atoms with Gasteiger partial charge in [-0.1, -0.05) is 18.2 Å². The molecule has 1 amide bonds. The Balaban J connectivity index is 1.62. The molecule has 0 saturated heterocycles. The highest BCUT2D eigenvalue weighted by Crippen LogP contribution is 2.13. The van der Waals surface area contributed by atoms with Crippen LogP contribution in [0.2, 0.25) is 0 Å². The molecule has 0 unspecified atom stereocenters. The third kappa shape index (κ3) is 3.77. The second-order valence-electron chi connectivity index (χ2n) is 6.67. The number of rotatable bonds is 5. The fourth-order valence-electron chi connectivity index (χ4n) is 3.11. The molecule has 0 aliphatic carbocycles. The molecule has 1 aromatic carbocycles. The Hall–Kier alpha value is -3.81. The highest BCUT2D eigenvalue weighted by Gasteiger charge is 2.18. The van der Waals surface area contributed by atoms with Crippen LogP contribution >= 0.6 is 0 Å². The molecule has 146 valence electrons. The predicted octanol–water partition coefficient (Wildman–Crippen LogP) is 2.39. The number of hydrogen-bond donors (Lipinski definition) is 2. The summed E-state index contributed by atoms with van der Waals surface area (Å²) in [5, 5.41) is 5.61. The van der Waals surface area contributed by atoms with E-state index in [1.165, 1.54) is 22.8 Å². The minimum Gasteiger partial charge on any atom is -0.348 e. The van der Waals surface area contributed by atoms with E-state index in [0.717, 1.165) is 11.1 Å². The van der Waals surface area contributed by atoms with Gasteiger partial charge in [-0.05, 0) is 36.2 Å². The SMILES string of the molecule is Cc1nc2c(C(=O)NCc3cccnc3)c[nH]n2c(=O)c1Cc1ccc(F)cc1. The summed E-state index contributed by atoms with van der Waals surface area (Å²) in [6.07, 6.45) is 5.11. The average Bonchev–Trinajstić information content (AvgIpc) is 3.15. The molecule has 0 bridgehead atoms. The van der Waals surface area contributed by atoms with Gasteiger partial charge in [0.05, 0.1) is 0 Å². The number of nitrogens with zero attached hydrogens (tertiary/aromatic N) is 3. The van der Waals surface area contributed by atoms with Crippen LogP contribution in [-0.4, -0.2) is 25.5 Å². The van der Waals surface area contributed by atoms with Crippen LogP contribution in [0.5, 0.6) is 0 Å². The van der Waals surface area contributed by atoms with Crippen LogP contribution in [0.1, 0.15) is 32.7 Å². The number of aryl methyl sites for hydroxylation is 1. The highest BCUT2D eigenvalue weighted by atomic mass is 19.1. The summed E-state index contributed by atoms with van der Waals surface area (Å²) < 4.78 is 14.4. The predicted molar refractivity (Wildman–Crippen MR) is 105 cm³/mol. The third-order valence-corrected chi connectivity index (χ3v) is 4.68. The molecule has 0 aliphatic heterocycles. The van der Waals surface area contributed by atoms with Gasteiger partial charge in [0.1, 0.15) is 11.4 Å². The van der Waals surface area contributed by atoms with E-state index in [0.29, 0.717) is 24.2 Å². The lowest BCUT2D eigenvalue weighted by molar-refractivity contribution is 0.0952. The third-order valence-electron chi connectivity index (χ3n) is 4.68. The largest absolute Gasteiger partial charge is 0.348 e. The fraction of sp³-hybridized carbons (Fsp3) is 0.143. The van der Waals surface area contributed by atoms with Gasteiger partial charge < -0.3 is 5.32 Å². The maximum atomic E-state index is 13.1. The molecule has 8 heteroatoms. The summed E-state index contributed by atoms with van der Waals surface area (Å²) in [6.45, 7) is 2.04. The van der Waals surface area contributed by atoms with E-state index < -0.39 is 0 Å². The zero-order valence-electron chi connectivity index (χ0n) is 15.6. The number of pyridine rings is 1. The number of H-pyrrole nitrogens is 1. The highest BCUT2D eigenvalue weighted by molar-refractivity contribution is 5.99. The molecule has 3 aromatic heterocycles. The van der Waals surface area contributed by atoms with Gasteiger partial charge in [-0.25, -0.2) is 13.9 Å². The summed E-state index contributed by atoms with van der Waals surface area (Å²) >= 11 is 0. The number of hydrogen-bond acceptors (Lipinski definition) is 4. The van der Waals surface area contributed by atoms with Gasteiger partial charge in [0.2, 0.25) is 0 Å². The van der Waals surface area contributed by atoms with Crippen LogP contribution in [-0.2, 0) is 13.0 Å². The normalized spacial score (nSPS) is 11.0. The molecule has 2 N–H and O–H groups in total. The molecule has 29 heavy (non-hydrogen) atoms. The topological polar surface area (TPSA) is 92.2 Å². The van der Waals surface area contributed by atoms with Crippen molar-refractivity contribution >= 4 is 11.6 Å². The van der Waals surface area contributed by atoms with Crippen molar-refractivity contribution in [1.82, 2.24) is 24.9 Å². The molecule has 0 fully saturated rings. The Bertz CT molecular complexity index is 1230. The first-order valence-corrected chi connectivity index (χ1v) is 9.04. The Morgan fingerprint density at radius 1 is 1.21 bits per heavy atom. The van der Waals surface area contributed by atoms with Crippen LogP contribution in [0.25, 0.3) is 5.65 Å². The van der Waals surface area contributed by atoms with Crippen molar-refractivity contribution < 1.29 is 9.18 Å². The van der Waals surface area contributed by atoms with Crippen molar-refractivity contribution in [3.05, 3.63) is 99.1 Å². The van der Waals surface area contributed by atoms with Crippen molar-refractivity contribution in [2.45, 2.75) is 19.9 Å². The maximum Gasteiger partial charge on any atom is 0.276 e. The molecule has 4 aromatic rings. The van der Waals surface area contributed by atoms with Crippen LogP contribution in [0.4, 0.5) is 4.39 Å². The van der Waals surface area contributed by atoms with Crippen molar-refractivity contribution in [2.24, 2.45) is 0 Å². The summed E-state index contributed by atoms with van der Waals surface area (Å²) in [5.74, 6) is -0.674. The second kappa shape index (κ2) is 7.67. The number of aromatic nitrogens is 4. The van der Waals surface area contributed by atoms with Crippen molar-refractivity contribution in [2.75, 3.05) is 0 Å². The number of amides is 1. The van der Waals surface area contributed by atoms with Crippen LogP contribution in [0.3, 0.4) is 0 Å². The zero-order valence-corrected chi connectivity index (χ0v) is 15.6. The molecular formula is C21H18FN5O2. The zero-order chi connectivity index (χ0) is 20.4. The van der Waals surface area contributed by atoms with E-state index in [-0.39, 0.29) is 28.5 Å². The van der Waals surface area contributed by atoms with Gasteiger partial charge in [-0.15, -0.1) is 0 Å². The monoisotopic (exact) mass is 391 g/mol. The number of benzene rings is 1. The number of aromatic amines is 1. The first-order chi connectivity index (χ1) is 14.0. The average molecular weight is 391 g/mol. The lowest BCUT2D eigenvalue weighted by Gasteiger charge is -2.07. The lowest BCUT2D eigenvalue weighted by Crippen LogP contribution is -2.25. The smallest absolute Gasteiger partial charge is 0.276 e. The number of fused-ring (bicyclic) bond motifs is 1. The van der Waals surface area contributed by atoms with Gasteiger partial charge in [0.15, 0.2) is 5.65 Å². The van der Waals surface area contributed by atoms with Crippen molar-refractivity contribution in [1.29, 1.82) is 0 Å². The van der Waals surface area contributed by atoms with Gasteiger partial charge in [0.25, 0.3) is 11.5 Å². The molecule has 0 atom stereocenters. The minimum absolute atomic E-state index is 0.263. The van der Waals surface area contributed by atoms with Gasteiger partial charge >= 0.3 is 0 Å². The van der Waals surface area contributed by atoms with E-state index in [1.807, 2.05) is 6.07 Å². The Morgan fingerprint density at radius 3 is 2.72 bits per heavy atom. The molecule has 0 saturated carbocycles. The lowest BCUT2D eigenvalue weighted by atomic mass is 10.1. The number of carbonyl (C=O) groups excluding carboxylic acids is 1. The Morgan fingerprint density at radius 2 is 2.00 bits per heavy atom. The molecule has 0 aliphatic rings. The van der Waals surface area contributed by atoms with Gasteiger partial charge in [0, 0.05) is 42.8 Å². The molecular weight excluding hydrogens is 373 g/mol. The van der Waals surface area contributed by atoms with E-state index >= 15 is 0 Å². The second-order valence-corrected chi connectivity index (χ2v) is 6.67. The number of nitrogens with one attached hydrogen (secondary N) is 2.